The Morgan fingerprint density at radius 3 is 2.00 bits per heavy atom. The minimum absolute atomic E-state index is 0. The van der Waals surface area contributed by atoms with Gasteiger partial charge in [0.05, 0.1) is 39.0 Å². The van der Waals surface area contributed by atoms with Gasteiger partial charge in [-0.05, 0) is 69.1 Å². The van der Waals surface area contributed by atoms with E-state index in [1.807, 2.05) is 6.07 Å². The lowest BCUT2D eigenvalue weighted by atomic mass is 10.0. The number of halogens is 1. The molecule has 1 atom stereocenters. The predicted octanol–water partition coefficient (Wildman–Crippen LogP) is 3.99. The molecule has 3 nitrogen and oxygen atoms in total. The zero-order chi connectivity index (χ0) is 21.4. The summed E-state index contributed by atoms with van der Waals surface area (Å²) in [5, 5.41) is 0. The van der Waals surface area contributed by atoms with Gasteiger partial charge in [-0.15, -0.1) is 0 Å². The Morgan fingerprint density at radius 2 is 1.40 bits per heavy atom. The van der Waals surface area contributed by atoms with E-state index in [4.69, 9.17) is 10.5 Å². The number of nitrogens with two attached hydrogens (primary N) is 1. The summed E-state index contributed by atoms with van der Waals surface area (Å²) < 4.78 is 7.03. The van der Waals surface area contributed by atoms with E-state index in [0.717, 1.165) is 37.3 Å². The number of rotatable bonds is 18. The Morgan fingerprint density at radius 1 is 0.767 bits per heavy atom. The minimum Gasteiger partial charge on any atom is -1.00 e. The topological polar surface area (TPSA) is 35.2 Å². The smallest absolute Gasteiger partial charge is 0.142 e. The van der Waals surface area contributed by atoms with Crippen LogP contribution in [0, 0.1) is 0 Å². The number of anilines is 1. The summed E-state index contributed by atoms with van der Waals surface area (Å²) in [5.41, 5.74) is 8.29. The molecular weight excluding hydrogens is 392 g/mol. The van der Waals surface area contributed by atoms with Crippen LogP contribution in [0.5, 0.6) is 5.75 Å². The fourth-order valence-electron chi connectivity index (χ4n) is 4.18. The standard InChI is InChI=1S/C26H49N2O.ClH/c1-5-8-10-14-20-28(4,19-7-3)21-15-12-11-13-16-24-17-18-26(25(27)23-24)29-22-9-6-2;/h17-18,23H,5-16,19-22,27H2,1-4H3;1H/q+1;/p-1. The van der Waals surface area contributed by atoms with Gasteiger partial charge in [0, 0.05) is 0 Å². The molecule has 0 aliphatic carbocycles. The van der Waals surface area contributed by atoms with Gasteiger partial charge in [-0.1, -0.05) is 52.5 Å². The van der Waals surface area contributed by atoms with E-state index in [2.05, 4.69) is 40.0 Å². The molecule has 0 aliphatic rings. The van der Waals surface area contributed by atoms with E-state index in [0.29, 0.717) is 0 Å². The zero-order valence-corrected chi connectivity index (χ0v) is 21.1. The number of nitrogen functional groups attached to an aromatic ring is 1. The molecule has 30 heavy (non-hydrogen) atoms. The largest absolute Gasteiger partial charge is 1.00 e. The Labute approximate surface area is 193 Å². The molecule has 0 radical (unpaired) electrons. The van der Waals surface area contributed by atoms with Crippen LogP contribution in [0.3, 0.4) is 0 Å². The van der Waals surface area contributed by atoms with E-state index in [-0.39, 0.29) is 12.4 Å². The summed E-state index contributed by atoms with van der Waals surface area (Å²) in [5.74, 6) is 0.842. The fraction of sp³-hybridized carbons (Fsp3) is 0.769. The molecule has 0 aliphatic heterocycles. The lowest BCUT2D eigenvalue weighted by Gasteiger charge is -2.34. The number of quaternary nitrogens is 1. The van der Waals surface area contributed by atoms with Crippen molar-refractivity contribution in [3.05, 3.63) is 23.8 Å². The van der Waals surface area contributed by atoms with E-state index in [1.165, 1.54) is 87.5 Å². The number of nitrogens with zero attached hydrogens (tertiary/aromatic N) is 1. The van der Waals surface area contributed by atoms with Crippen LogP contribution in [0.1, 0.15) is 97.0 Å². The third kappa shape index (κ3) is 12.7. The molecule has 1 aromatic rings. The summed E-state index contributed by atoms with van der Waals surface area (Å²) in [7, 11) is 2.47. The van der Waals surface area contributed by atoms with Crippen LogP contribution >= 0.6 is 0 Å². The summed E-state index contributed by atoms with van der Waals surface area (Å²) in [6.45, 7) is 11.6. The van der Waals surface area contributed by atoms with Crippen LogP contribution in [-0.4, -0.2) is 37.8 Å². The number of unbranched alkanes of at least 4 members (excludes halogenated alkanes) is 7. The lowest BCUT2D eigenvalue weighted by molar-refractivity contribution is -0.910. The first kappa shape index (κ1) is 29.1. The van der Waals surface area contributed by atoms with Gasteiger partial charge in [-0.25, -0.2) is 0 Å². The summed E-state index contributed by atoms with van der Waals surface area (Å²) in [6.07, 6.45) is 15.4. The van der Waals surface area contributed by atoms with Crippen LogP contribution in [0.4, 0.5) is 5.69 Å². The molecule has 0 heterocycles. The zero-order valence-electron chi connectivity index (χ0n) is 20.4. The van der Waals surface area contributed by atoms with Gasteiger partial charge in [-0.3, -0.25) is 0 Å². The first-order valence-electron chi connectivity index (χ1n) is 12.4. The second kappa shape index (κ2) is 17.7. The van der Waals surface area contributed by atoms with Gasteiger partial charge in [0.1, 0.15) is 5.75 Å². The molecule has 176 valence electrons. The Balaban J connectivity index is 0.00000841. The van der Waals surface area contributed by atoms with Crippen molar-refractivity contribution in [2.45, 2.75) is 97.8 Å². The van der Waals surface area contributed by atoms with Crippen LogP contribution in [-0.2, 0) is 6.42 Å². The molecule has 0 fully saturated rings. The lowest BCUT2D eigenvalue weighted by Crippen LogP contribution is -3.00. The summed E-state index contributed by atoms with van der Waals surface area (Å²) >= 11 is 0. The first-order valence-corrected chi connectivity index (χ1v) is 12.4. The third-order valence-electron chi connectivity index (χ3n) is 6.06. The summed E-state index contributed by atoms with van der Waals surface area (Å²) in [6, 6.07) is 6.34. The van der Waals surface area contributed by atoms with Gasteiger partial charge < -0.3 is 27.4 Å². The van der Waals surface area contributed by atoms with Crippen molar-refractivity contribution in [1.29, 1.82) is 0 Å². The van der Waals surface area contributed by atoms with Crippen LogP contribution in [0.15, 0.2) is 18.2 Å². The van der Waals surface area contributed by atoms with Crippen molar-refractivity contribution in [3.8, 4) is 5.75 Å². The van der Waals surface area contributed by atoms with Gasteiger partial charge in [-0.2, -0.15) is 0 Å². The molecule has 1 rings (SSSR count). The molecule has 1 aromatic carbocycles. The number of ether oxygens (including phenoxy) is 1. The van der Waals surface area contributed by atoms with Crippen molar-refractivity contribution in [2.24, 2.45) is 0 Å². The van der Waals surface area contributed by atoms with Crippen molar-refractivity contribution >= 4 is 5.69 Å². The second-order valence-electron chi connectivity index (χ2n) is 9.09. The molecule has 0 saturated carbocycles. The highest BCUT2D eigenvalue weighted by Crippen LogP contribution is 2.24. The molecule has 0 saturated heterocycles. The first-order chi connectivity index (χ1) is 14.0. The van der Waals surface area contributed by atoms with Crippen molar-refractivity contribution < 1.29 is 21.6 Å². The predicted molar refractivity (Wildman–Crippen MR) is 129 cm³/mol. The number of hydrogen-bond donors (Lipinski definition) is 1. The Kier molecular flexibility index (Phi) is 17.2. The average Bonchev–Trinajstić information content (AvgIpc) is 2.70. The van der Waals surface area contributed by atoms with Gasteiger partial charge in [0.15, 0.2) is 0 Å². The number of aryl methyl sites for hydroxylation is 1. The molecule has 0 bridgehead atoms. The van der Waals surface area contributed by atoms with Crippen molar-refractivity contribution in [1.82, 2.24) is 0 Å². The summed E-state index contributed by atoms with van der Waals surface area (Å²) in [4.78, 5) is 0. The second-order valence-corrected chi connectivity index (χ2v) is 9.09. The molecular formula is C26H49ClN2O. The van der Waals surface area contributed by atoms with Crippen LogP contribution in [0.25, 0.3) is 0 Å². The normalized spacial score (nSPS) is 12.9. The molecule has 0 amide bonds. The minimum atomic E-state index is 0. The molecule has 1 unspecified atom stereocenters. The highest BCUT2D eigenvalue weighted by atomic mass is 35.5. The molecule has 0 spiro atoms. The quantitative estimate of drug-likeness (QED) is 0.213. The average molecular weight is 441 g/mol. The van der Waals surface area contributed by atoms with Gasteiger partial charge >= 0.3 is 0 Å². The molecule has 2 N–H and O–H groups in total. The van der Waals surface area contributed by atoms with Crippen molar-refractivity contribution in [3.63, 3.8) is 0 Å². The monoisotopic (exact) mass is 440 g/mol. The van der Waals surface area contributed by atoms with E-state index >= 15 is 0 Å². The van der Waals surface area contributed by atoms with Gasteiger partial charge in [0.2, 0.25) is 0 Å². The van der Waals surface area contributed by atoms with Crippen LogP contribution < -0.4 is 22.9 Å². The molecule has 0 aromatic heterocycles. The maximum Gasteiger partial charge on any atom is 0.142 e. The highest BCUT2D eigenvalue weighted by molar-refractivity contribution is 5.54. The maximum absolute atomic E-state index is 6.16. The Hall–Kier alpha value is -0.930. The number of hydrogen-bond acceptors (Lipinski definition) is 2. The van der Waals surface area contributed by atoms with Crippen molar-refractivity contribution in [2.75, 3.05) is 39.0 Å². The van der Waals surface area contributed by atoms with Gasteiger partial charge in [0.25, 0.3) is 0 Å². The van der Waals surface area contributed by atoms with E-state index < -0.39 is 0 Å². The highest BCUT2D eigenvalue weighted by Gasteiger charge is 2.19. The Bertz CT molecular complexity index is 538. The fourth-order valence-corrected chi connectivity index (χ4v) is 4.18. The molecule has 4 heteroatoms. The SMILES string of the molecule is CCCCCC[N+](C)(CCC)CCCCCCc1ccc(OCCCC)c(N)c1.[Cl-]. The number of benzene rings is 1. The third-order valence-corrected chi connectivity index (χ3v) is 6.06. The van der Waals surface area contributed by atoms with Crippen LogP contribution in [0.2, 0.25) is 0 Å². The van der Waals surface area contributed by atoms with E-state index in [9.17, 15) is 0 Å². The van der Waals surface area contributed by atoms with E-state index in [1.54, 1.807) is 0 Å². The maximum atomic E-state index is 6.16.